The molecule has 0 heterocycles. The van der Waals surface area contributed by atoms with Gasteiger partial charge in [-0.05, 0) is 53.4 Å². The molecule has 0 aliphatic rings. The van der Waals surface area contributed by atoms with Gasteiger partial charge in [0.25, 0.3) is 0 Å². The summed E-state index contributed by atoms with van der Waals surface area (Å²) in [5, 5.41) is 4.87. The molecule has 1 rings (SSSR count). The van der Waals surface area contributed by atoms with Crippen molar-refractivity contribution in [3.8, 4) is 5.75 Å². The van der Waals surface area contributed by atoms with E-state index in [0.717, 1.165) is 12.8 Å². The second-order valence-electron chi connectivity index (χ2n) is 3.85. The second kappa shape index (κ2) is 7.06. The van der Waals surface area contributed by atoms with E-state index in [1.807, 2.05) is 0 Å². The largest absolute Gasteiger partial charge is 0.492 e. The fourth-order valence-corrected chi connectivity index (χ4v) is 2.43. The number of benzene rings is 1. The summed E-state index contributed by atoms with van der Waals surface area (Å²) < 4.78 is 40.1. The van der Waals surface area contributed by atoms with Crippen LogP contribution in [0, 0.1) is 5.82 Å². The number of primary sulfonamides is 1. The summed E-state index contributed by atoms with van der Waals surface area (Å²) in [6.07, 6.45) is 1.96. The van der Waals surface area contributed by atoms with Crippen LogP contribution in [-0.4, -0.2) is 20.8 Å². The molecular weight excluding hydrogens is 325 g/mol. The molecule has 1 aromatic carbocycles. The lowest BCUT2D eigenvalue weighted by atomic mass is 10.2. The van der Waals surface area contributed by atoms with Gasteiger partial charge in [0.2, 0.25) is 10.0 Å². The third kappa shape index (κ3) is 6.32. The highest BCUT2D eigenvalue weighted by Crippen LogP contribution is 2.25. The quantitative estimate of drug-likeness (QED) is 0.775. The first-order valence-corrected chi connectivity index (χ1v) is 7.97. The van der Waals surface area contributed by atoms with Crippen LogP contribution >= 0.6 is 15.9 Å². The Morgan fingerprint density at radius 2 is 2.00 bits per heavy atom. The Bertz CT molecular complexity index is 493. The number of sulfonamides is 1. The van der Waals surface area contributed by atoms with Crippen molar-refractivity contribution in [2.45, 2.75) is 19.3 Å². The molecule has 0 spiro atoms. The Balaban J connectivity index is 2.22. The summed E-state index contributed by atoms with van der Waals surface area (Å²) in [4.78, 5) is 0. The zero-order chi connectivity index (χ0) is 13.6. The maximum absolute atomic E-state index is 12.8. The van der Waals surface area contributed by atoms with Crippen molar-refractivity contribution < 1.29 is 17.5 Å². The van der Waals surface area contributed by atoms with Gasteiger partial charge in [0.1, 0.15) is 11.6 Å². The molecule has 2 N–H and O–H groups in total. The van der Waals surface area contributed by atoms with E-state index >= 15 is 0 Å². The highest BCUT2D eigenvalue weighted by Gasteiger charge is 2.04. The van der Waals surface area contributed by atoms with Gasteiger partial charge in [0, 0.05) is 0 Å². The highest BCUT2D eigenvalue weighted by atomic mass is 79.9. The van der Waals surface area contributed by atoms with Crippen molar-refractivity contribution in [1.82, 2.24) is 0 Å². The SMILES string of the molecule is NS(=O)(=O)CCCCCOc1ccc(F)cc1Br. The minimum absolute atomic E-state index is 0.00670. The van der Waals surface area contributed by atoms with Gasteiger partial charge >= 0.3 is 0 Å². The molecule has 0 aromatic heterocycles. The standard InChI is InChI=1S/C11H15BrFNO3S/c12-10-8-9(13)4-5-11(10)17-6-2-1-3-7-18(14,15)16/h4-5,8H,1-3,6-7H2,(H2,14,15,16). The third-order valence-electron chi connectivity index (χ3n) is 2.22. The topological polar surface area (TPSA) is 69.4 Å². The molecule has 0 amide bonds. The number of nitrogens with two attached hydrogens (primary N) is 1. The van der Waals surface area contributed by atoms with Gasteiger partial charge in [-0.25, -0.2) is 17.9 Å². The average molecular weight is 340 g/mol. The van der Waals surface area contributed by atoms with Gasteiger partial charge in [0.05, 0.1) is 16.8 Å². The van der Waals surface area contributed by atoms with E-state index in [2.05, 4.69) is 15.9 Å². The van der Waals surface area contributed by atoms with Crippen LogP contribution in [0.5, 0.6) is 5.75 Å². The van der Waals surface area contributed by atoms with Gasteiger partial charge in [-0.3, -0.25) is 0 Å². The summed E-state index contributed by atoms with van der Waals surface area (Å²) in [7, 11) is -3.36. The van der Waals surface area contributed by atoms with Crippen molar-refractivity contribution in [2.75, 3.05) is 12.4 Å². The summed E-state index contributed by atoms with van der Waals surface area (Å²) in [6, 6.07) is 4.20. The molecule has 0 radical (unpaired) electrons. The fraction of sp³-hybridized carbons (Fsp3) is 0.455. The Morgan fingerprint density at radius 3 is 2.61 bits per heavy atom. The summed E-state index contributed by atoms with van der Waals surface area (Å²) in [5.74, 6) is 0.234. The van der Waals surface area contributed by atoms with E-state index in [-0.39, 0.29) is 11.6 Å². The second-order valence-corrected chi connectivity index (χ2v) is 6.44. The van der Waals surface area contributed by atoms with E-state index in [0.29, 0.717) is 23.2 Å². The van der Waals surface area contributed by atoms with E-state index in [9.17, 15) is 12.8 Å². The summed E-state index contributed by atoms with van der Waals surface area (Å²) in [5.41, 5.74) is 0. The molecule has 0 saturated heterocycles. The average Bonchev–Trinajstić information content (AvgIpc) is 2.24. The van der Waals surface area contributed by atoms with Crippen LogP contribution in [0.1, 0.15) is 19.3 Å². The first-order valence-electron chi connectivity index (χ1n) is 5.47. The van der Waals surface area contributed by atoms with Crippen LogP contribution in [0.4, 0.5) is 4.39 Å². The predicted molar refractivity (Wildman–Crippen MR) is 71.4 cm³/mol. The Hall–Kier alpha value is -0.660. The van der Waals surface area contributed by atoms with Crippen molar-refractivity contribution in [3.05, 3.63) is 28.5 Å². The number of rotatable bonds is 7. The zero-order valence-electron chi connectivity index (χ0n) is 9.73. The maximum Gasteiger partial charge on any atom is 0.209 e. The minimum Gasteiger partial charge on any atom is -0.492 e. The van der Waals surface area contributed by atoms with Crippen molar-refractivity contribution in [3.63, 3.8) is 0 Å². The van der Waals surface area contributed by atoms with Crippen molar-refractivity contribution in [2.24, 2.45) is 5.14 Å². The summed E-state index contributed by atoms with van der Waals surface area (Å²) >= 11 is 3.20. The number of hydrogen-bond acceptors (Lipinski definition) is 3. The van der Waals surface area contributed by atoms with Gasteiger partial charge in [0.15, 0.2) is 0 Å². The van der Waals surface area contributed by atoms with E-state index in [4.69, 9.17) is 9.88 Å². The molecular formula is C11H15BrFNO3S. The molecule has 1 aromatic rings. The van der Waals surface area contributed by atoms with Crippen LogP contribution in [0.25, 0.3) is 0 Å². The molecule has 0 saturated carbocycles. The van der Waals surface area contributed by atoms with Crippen LogP contribution in [0.3, 0.4) is 0 Å². The normalized spacial score (nSPS) is 11.5. The molecule has 0 aliphatic heterocycles. The summed E-state index contributed by atoms with van der Waals surface area (Å²) in [6.45, 7) is 0.453. The van der Waals surface area contributed by atoms with Crippen LogP contribution in [0.2, 0.25) is 0 Å². The predicted octanol–water partition coefficient (Wildman–Crippen LogP) is 2.43. The van der Waals surface area contributed by atoms with E-state index in [1.54, 1.807) is 6.07 Å². The molecule has 0 atom stereocenters. The van der Waals surface area contributed by atoms with Gasteiger partial charge < -0.3 is 4.74 Å². The van der Waals surface area contributed by atoms with Crippen LogP contribution in [-0.2, 0) is 10.0 Å². The maximum atomic E-state index is 12.8. The van der Waals surface area contributed by atoms with Crippen molar-refractivity contribution in [1.29, 1.82) is 0 Å². The molecule has 0 bridgehead atoms. The molecule has 4 nitrogen and oxygen atoms in total. The smallest absolute Gasteiger partial charge is 0.209 e. The molecule has 18 heavy (non-hydrogen) atoms. The van der Waals surface area contributed by atoms with Gasteiger partial charge in [-0.1, -0.05) is 0 Å². The first kappa shape index (κ1) is 15.4. The Morgan fingerprint density at radius 1 is 1.28 bits per heavy atom. The number of halogens is 2. The van der Waals surface area contributed by atoms with Gasteiger partial charge in [-0.15, -0.1) is 0 Å². The lowest BCUT2D eigenvalue weighted by Crippen LogP contribution is -2.16. The highest BCUT2D eigenvalue weighted by molar-refractivity contribution is 9.10. The lowest BCUT2D eigenvalue weighted by molar-refractivity contribution is 0.304. The fourth-order valence-electron chi connectivity index (χ4n) is 1.36. The molecule has 0 aliphatic carbocycles. The van der Waals surface area contributed by atoms with E-state index < -0.39 is 10.0 Å². The molecule has 7 heteroatoms. The molecule has 0 fully saturated rings. The Kier molecular flexibility index (Phi) is 6.04. The van der Waals surface area contributed by atoms with Crippen molar-refractivity contribution >= 4 is 26.0 Å². The molecule has 0 unspecified atom stereocenters. The first-order chi connectivity index (χ1) is 8.38. The van der Waals surface area contributed by atoms with Gasteiger partial charge in [-0.2, -0.15) is 0 Å². The zero-order valence-corrected chi connectivity index (χ0v) is 12.1. The minimum atomic E-state index is -3.36. The number of ether oxygens (including phenoxy) is 1. The monoisotopic (exact) mass is 339 g/mol. The van der Waals surface area contributed by atoms with Crippen LogP contribution in [0.15, 0.2) is 22.7 Å². The molecule has 102 valence electrons. The third-order valence-corrected chi connectivity index (χ3v) is 3.70. The van der Waals surface area contributed by atoms with E-state index in [1.165, 1.54) is 12.1 Å². The number of hydrogen-bond donors (Lipinski definition) is 1. The van der Waals surface area contributed by atoms with Crippen LogP contribution < -0.4 is 9.88 Å². The number of unbranched alkanes of at least 4 members (excludes halogenated alkanes) is 2. The Labute approximate surface area is 115 Å². The lowest BCUT2D eigenvalue weighted by Gasteiger charge is -2.07.